The Bertz CT molecular complexity index is 429. The molecule has 1 rings (SSSR count). The monoisotopic (exact) mass is 246 g/mol. The van der Waals surface area contributed by atoms with Crippen molar-refractivity contribution >= 4 is 0 Å². The summed E-state index contributed by atoms with van der Waals surface area (Å²) in [6.45, 7) is 0.00299. The van der Waals surface area contributed by atoms with Gasteiger partial charge in [-0.05, 0) is 12.1 Å². The normalized spacial score (nSPS) is 8.56. The van der Waals surface area contributed by atoms with Gasteiger partial charge in [0.25, 0.3) is 0 Å². The molecule has 0 aliphatic carbocycles. The molecule has 0 unspecified atom stereocenters. The van der Waals surface area contributed by atoms with E-state index in [-0.39, 0.29) is 26.4 Å². The van der Waals surface area contributed by atoms with E-state index in [2.05, 4.69) is 23.7 Å². The SMILES string of the molecule is OCC#CCOc1ccccc1OCC#CCO. The summed E-state index contributed by atoms with van der Waals surface area (Å²) in [6.07, 6.45) is 0. The fourth-order valence-electron chi connectivity index (χ4n) is 1.13. The van der Waals surface area contributed by atoms with Crippen molar-refractivity contribution in [2.45, 2.75) is 0 Å². The van der Waals surface area contributed by atoms with E-state index in [1.807, 2.05) is 12.1 Å². The van der Waals surface area contributed by atoms with E-state index in [4.69, 9.17) is 19.7 Å². The van der Waals surface area contributed by atoms with Gasteiger partial charge in [-0.1, -0.05) is 35.8 Å². The molecule has 0 saturated carbocycles. The lowest BCUT2D eigenvalue weighted by molar-refractivity contribution is 0.313. The van der Waals surface area contributed by atoms with Crippen LogP contribution < -0.4 is 9.47 Å². The summed E-state index contributed by atoms with van der Waals surface area (Å²) >= 11 is 0. The number of aliphatic hydroxyl groups excluding tert-OH is 2. The molecule has 0 heterocycles. The first-order chi connectivity index (χ1) is 8.88. The highest BCUT2D eigenvalue weighted by atomic mass is 16.5. The van der Waals surface area contributed by atoms with Gasteiger partial charge < -0.3 is 19.7 Å². The molecule has 4 nitrogen and oxygen atoms in total. The summed E-state index contributed by atoms with van der Waals surface area (Å²) < 4.78 is 10.8. The number of ether oxygens (including phenoxy) is 2. The molecular weight excluding hydrogens is 232 g/mol. The van der Waals surface area contributed by atoms with Gasteiger partial charge >= 0.3 is 0 Å². The van der Waals surface area contributed by atoms with Crippen LogP contribution in [-0.4, -0.2) is 36.6 Å². The summed E-state index contributed by atoms with van der Waals surface area (Å²) in [5, 5.41) is 17.0. The van der Waals surface area contributed by atoms with Crippen molar-refractivity contribution in [1.82, 2.24) is 0 Å². The molecule has 2 N–H and O–H groups in total. The number of aliphatic hydroxyl groups is 2. The van der Waals surface area contributed by atoms with E-state index in [9.17, 15) is 0 Å². The molecule has 1 aromatic carbocycles. The van der Waals surface area contributed by atoms with E-state index in [0.29, 0.717) is 11.5 Å². The summed E-state index contributed by atoms with van der Waals surface area (Å²) in [6, 6.07) is 7.16. The molecule has 0 aliphatic heterocycles. The van der Waals surface area contributed by atoms with Gasteiger partial charge in [0.05, 0.1) is 0 Å². The second-order valence-corrected chi connectivity index (χ2v) is 3.05. The molecule has 94 valence electrons. The van der Waals surface area contributed by atoms with Crippen LogP contribution in [0.5, 0.6) is 11.5 Å². The lowest BCUT2D eigenvalue weighted by Crippen LogP contribution is -2.00. The average molecular weight is 246 g/mol. The lowest BCUT2D eigenvalue weighted by atomic mass is 10.3. The van der Waals surface area contributed by atoms with Crippen LogP contribution in [0, 0.1) is 23.7 Å². The predicted molar refractivity (Wildman–Crippen MR) is 67.2 cm³/mol. The third kappa shape index (κ3) is 5.27. The first kappa shape index (κ1) is 13.9. The van der Waals surface area contributed by atoms with Gasteiger partial charge in [0.2, 0.25) is 0 Å². The van der Waals surface area contributed by atoms with Crippen LogP contribution in [-0.2, 0) is 0 Å². The highest BCUT2D eigenvalue weighted by molar-refractivity contribution is 5.39. The van der Waals surface area contributed by atoms with E-state index in [1.165, 1.54) is 0 Å². The molecule has 0 aliphatic rings. The van der Waals surface area contributed by atoms with Crippen molar-refractivity contribution in [1.29, 1.82) is 0 Å². The standard InChI is InChI=1S/C14H14O4/c15-9-3-5-11-17-13-7-1-2-8-14(13)18-12-6-4-10-16/h1-2,7-8,15-16H,9-12H2. The minimum absolute atomic E-state index is 0.182. The van der Waals surface area contributed by atoms with Crippen LogP contribution in [0.4, 0.5) is 0 Å². The third-order valence-corrected chi connectivity index (χ3v) is 1.86. The van der Waals surface area contributed by atoms with Crippen molar-refractivity contribution in [2.75, 3.05) is 26.4 Å². The first-order valence-electron chi connectivity index (χ1n) is 5.36. The van der Waals surface area contributed by atoms with E-state index in [1.54, 1.807) is 12.1 Å². The average Bonchev–Trinajstić information content (AvgIpc) is 2.41. The highest BCUT2D eigenvalue weighted by Crippen LogP contribution is 2.25. The molecular formula is C14H14O4. The predicted octanol–water partition coefficient (Wildman–Crippen LogP) is 0.436. The number of hydrogen-bond donors (Lipinski definition) is 2. The van der Waals surface area contributed by atoms with Crippen LogP contribution in [0.3, 0.4) is 0 Å². The summed E-state index contributed by atoms with van der Waals surface area (Å²) in [7, 11) is 0. The number of rotatable bonds is 4. The molecule has 0 amide bonds. The Hall–Kier alpha value is -2.14. The number of para-hydroxylation sites is 2. The maximum atomic E-state index is 8.50. The molecule has 0 radical (unpaired) electrons. The fourth-order valence-corrected chi connectivity index (χ4v) is 1.13. The Morgan fingerprint density at radius 3 is 1.61 bits per heavy atom. The molecule has 0 atom stereocenters. The highest BCUT2D eigenvalue weighted by Gasteiger charge is 2.02. The third-order valence-electron chi connectivity index (χ3n) is 1.86. The molecule has 0 spiro atoms. The smallest absolute Gasteiger partial charge is 0.162 e. The van der Waals surface area contributed by atoms with Crippen molar-refractivity contribution in [3.63, 3.8) is 0 Å². The minimum atomic E-state index is -0.182. The van der Waals surface area contributed by atoms with Crippen LogP contribution in [0.2, 0.25) is 0 Å². The molecule has 1 aromatic rings. The quantitative estimate of drug-likeness (QED) is 0.757. The Labute approximate surface area is 106 Å². The fraction of sp³-hybridized carbons (Fsp3) is 0.286. The molecule has 0 saturated heterocycles. The number of hydrogen-bond acceptors (Lipinski definition) is 4. The van der Waals surface area contributed by atoms with Crippen molar-refractivity contribution < 1.29 is 19.7 Å². The summed E-state index contributed by atoms with van der Waals surface area (Å²) in [5.41, 5.74) is 0. The minimum Gasteiger partial charge on any atom is -0.477 e. The Morgan fingerprint density at radius 1 is 0.778 bits per heavy atom. The molecule has 0 fully saturated rings. The van der Waals surface area contributed by atoms with Crippen LogP contribution >= 0.6 is 0 Å². The second-order valence-electron chi connectivity index (χ2n) is 3.05. The van der Waals surface area contributed by atoms with Crippen LogP contribution in [0.25, 0.3) is 0 Å². The summed E-state index contributed by atoms with van der Waals surface area (Å²) in [4.78, 5) is 0. The number of benzene rings is 1. The van der Waals surface area contributed by atoms with E-state index in [0.717, 1.165) is 0 Å². The van der Waals surface area contributed by atoms with E-state index < -0.39 is 0 Å². The van der Waals surface area contributed by atoms with Gasteiger partial charge in [-0.25, -0.2) is 0 Å². The largest absolute Gasteiger partial charge is 0.477 e. The zero-order chi connectivity index (χ0) is 13.1. The van der Waals surface area contributed by atoms with Crippen molar-refractivity contribution in [3.8, 4) is 35.2 Å². The van der Waals surface area contributed by atoms with Crippen molar-refractivity contribution in [3.05, 3.63) is 24.3 Å². The Morgan fingerprint density at radius 2 is 1.22 bits per heavy atom. The van der Waals surface area contributed by atoms with E-state index >= 15 is 0 Å². The second kappa shape index (κ2) is 8.95. The van der Waals surface area contributed by atoms with Crippen LogP contribution in [0.1, 0.15) is 0 Å². The lowest BCUT2D eigenvalue weighted by Gasteiger charge is -2.08. The summed E-state index contributed by atoms with van der Waals surface area (Å²) in [5.74, 6) is 11.4. The van der Waals surface area contributed by atoms with Gasteiger partial charge in [0.1, 0.15) is 26.4 Å². The molecule has 0 aromatic heterocycles. The Kier molecular flexibility index (Phi) is 6.92. The van der Waals surface area contributed by atoms with Gasteiger partial charge in [0.15, 0.2) is 11.5 Å². The molecule has 4 heteroatoms. The van der Waals surface area contributed by atoms with Gasteiger partial charge in [-0.15, -0.1) is 0 Å². The first-order valence-corrected chi connectivity index (χ1v) is 5.36. The van der Waals surface area contributed by atoms with Gasteiger partial charge in [-0.2, -0.15) is 0 Å². The topological polar surface area (TPSA) is 58.9 Å². The Balaban J connectivity index is 2.56. The van der Waals surface area contributed by atoms with Crippen LogP contribution in [0.15, 0.2) is 24.3 Å². The molecule has 0 bridgehead atoms. The zero-order valence-electron chi connectivity index (χ0n) is 9.85. The zero-order valence-corrected chi connectivity index (χ0v) is 9.85. The maximum Gasteiger partial charge on any atom is 0.162 e. The maximum absolute atomic E-state index is 8.50. The molecule has 18 heavy (non-hydrogen) atoms. The van der Waals surface area contributed by atoms with Gasteiger partial charge in [0, 0.05) is 0 Å². The van der Waals surface area contributed by atoms with Crippen molar-refractivity contribution in [2.24, 2.45) is 0 Å². The van der Waals surface area contributed by atoms with Gasteiger partial charge in [-0.3, -0.25) is 0 Å².